The van der Waals surface area contributed by atoms with Gasteiger partial charge in [0.15, 0.2) is 0 Å². The molecule has 1 N–H and O–H groups in total. The van der Waals surface area contributed by atoms with Gasteiger partial charge < -0.3 is 19.9 Å². The Morgan fingerprint density at radius 2 is 1.91 bits per heavy atom. The zero-order chi connectivity index (χ0) is 23.5. The van der Waals surface area contributed by atoms with Crippen molar-refractivity contribution in [2.24, 2.45) is 10.9 Å². The summed E-state index contributed by atoms with van der Waals surface area (Å²) in [6, 6.07) is 13.0. The molecule has 2 aliphatic heterocycles. The van der Waals surface area contributed by atoms with Gasteiger partial charge >= 0.3 is 0 Å². The summed E-state index contributed by atoms with van der Waals surface area (Å²) in [5, 5.41) is 3.77. The lowest BCUT2D eigenvalue weighted by Crippen LogP contribution is -2.48. The number of hydrogen-bond donors (Lipinski definition) is 1. The Balaban J connectivity index is 1.58. The van der Waals surface area contributed by atoms with Crippen molar-refractivity contribution in [1.82, 2.24) is 10.2 Å². The first-order valence-electron chi connectivity index (χ1n) is 10.9. The molecule has 0 aliphatic carbocycles. The molecule has 1 saturated heterocycles. The van der Waals surface area contributed by atoms with Crippen LogP contribution in [0.3, 0.4) is 0 Å². The fourth-order valence-corrected chi connectivity index (χ4v) is 4.34. The summed E-state index contributed by atoms with van der Waals surface area (Å²) >= 11 is 12.1. The minimum atomic E-state index is -1.02. The van der Waals surface area contributed by atoms with Crippen LogP contribution in [0.4, 0.5) is 5.69 Å². The van der Waals surface area contributed by atoms with Crippen LogP contribution in [0, 0.1) is 5.92 Å². The number of amidine groups is 1. The number of hydrogen-bond acceptors (Lipinski definition) is 5. The second kappa shape index (κ2) is 10.1. The van der Waals surface area contributed by atoms with Crippen molar-refractivity contribution in [2.75, 3.05) is 38.3 Å². The lowest BCUT2D eigenvalue weighted by Gasteiger charge is -2.30. The topological polar surface area (TPSA) is 74.2 Å². The number of anilines is 1. The predicted octanol–water partition coefficient (Wildman–Crippen LogP) is 3.37. The number of rotatable bonds is 4. The van der Waals surface area contributed by atoms with Crippen LogP contribution in [0.2, 0.25) is 10.0 Å². The Bertz CT molecular complexity index is 1090. The molecular weight excluding hydrogens is 463 g/mol. The summed E-state index contributed by atoms with van der Waals surface area (Å²) in [7, 11) is 1.71. The van der Waals surface area contributed by atoms with E-state index in [1.165, 1.54) is 0 Å². The number of nitrogens with one attached hydrogen (secondary N) is 1. The molecule has 2 aromatic carbocycles. The van der Waals surface area contributed by atoms with Crippen molar-refractivity contribution < 1.29 is 14.3 Å². The maximum atomic E-state index is 13.3. The van der Waals surface area contributed by atoms with Gasteiger partial charge in [-0.1, -0.05) is 48.3 Å². The number of amides is 2. The molecular formula is C24H26Cl2N4O3. The smallest absolute Gasteiger partial charge is 0.272 e. The highest BCUT2D eigenvalue weighted by atomic mass is 35.5. The second-order valence-electron chi connectivity index (χ2n) is 8.23. The number of likely N-dealkylation sites (N-methyl/N-ethyl adjacent to an activating group) is 1. The quantitative estimate of drug-likeness (QED) is 0.715. The number of benzodiazepines with no additional fused rings is 1. The average Bonchev–Trinajstić information content (AvgIpc) is 2.92. The third-order valence-corrected chi connectivity index (χ3v) is 6.62. The fraction of sp³-hybridized carbons (Fsp3) is 0.375. The maximum absolute atomic E-state index is 13.3. The highest BCUT2D eigenvalue weighted by molar-refractivity contribution is 6.42. The van der Waals surface area contributed by atoms with E-state index in [0.717, 1.165) is 16.8 Å². The first-order chi connectivity index (χ1) is 15.8. The molecule has 1 unspecified atom stereocenters. The molecule has 2 atom stereocenters. The molecule has 7 nitrogen and oxygen atoms in total. The second-order valence-corrected chi connectivity index (χ2v) is 9.05. The predicted molar refractivity (Wildman–Crippen MR) is 130 cm³/mol. The summed E-state index contributed by atoms with van der Waals surface area (Å²) in [5.41, 5.74) is 2.51. The standard InChI is InChI=1S/C24H26Cl2N4O3/c1-15(13-16-7-8-18(25)19(26)14-16)23(31)28-21-24(32)29(2)20-6-4-3-5-17(20)22(27-21)30-9-11-33-12-10-30/h3-8,14-15,21H,9-13H2,1-2H3,(H,28,31)/t15-,21?/m0/s1. The molecule has 0 bridgehead atoms. The van der Waals surface area contributed by atoms with Gasteiger partial charge in [0, 0.05) is 31.6 Å². The molecule has 1 fully saturated rings. The summed E-state index contributed by atoms with van der Waals surface area (Å²) in [6.45, 7) is 4.31. The molecule has 2 aliphatic rings. The summed E-state index contributed by atoms with van der Waals surface area (Å²) in [6.07, 6.45) is -0.566. The normalized spacial score (nSPS) is 19.5. The Morgan fingerprint density at radius 1 is 1.18 bits per heavy atom. The Morgan fingerprint density at radius 3 is 2.64 bits per heavy atom. The number of morpholine rings is 1. The first-order valence-corrected chi connectivity index (χ1v) is 11.6. The van der Waals surface area contributed by atoms with Gasteiger partial charge in [-0.05, 0) is 36.2 Å². The van der Waals surface area contributed by atoms with Gasteiger partial charge in [0.05, 0.1) is 28.9 Å². The van der Waals surface area contributed by atoms with E-state index in [-0.39, 0.29) is 11.8 Å². The van der Waals surface area contributed by atoms with E-state index < -0.39 is 12.1 Å². The van der Waals surface area contributed by atoms with Crippen molar-refractivity contribution in [3.8, 4) is 0 Å². The first kappa shape index (κ1) is 23.5. The minimum Gasteiger partial charge on any atom is -0.378 e. The largest absolute Gasteiger partial charge is 0.378 e. The third-order valence-electron chi connectivity index (χ3n) is 5.89. The van der Waals surface area contributed by atoms with E-state index in [0.29, 0.717) is 48.6 Å². The van der Waals surface area contributed by atoms with E-state index in [2.05, 4.69) is 10.2 Å². The van der Waals surface area contributed by atoms with E-state index in [1.54, 1.807) is 24.1 Å². The Kier molecular flexibility index (Phi) is 7.22. The lowest BCUT2D eigenvalue weighted by molar-refractivity contribution is -0.129. The van der Waals surface area contributed by atoms with Crippen LogP contribution < -0.4 is 10.2 Å². The van der Waals surface area contributed by atoms with Gasteiger partial charge in [-0.25, -0.2) is 4.99 Å². The molecule has 2 amide bonds. The fourth-order valence-electron chi connectivity index (χ4n) is 4.02. The zero-order valence-electron chi connectivity index (χ0n) is 18.6. The van der Waals surface area contributed by atoms with Gasteiger partial charge in [0.25, 0.3) is 5.91 Å². The molecule has 33 heavy (non-hydrogen) atoms. The highest BCUT2D eigenvalue weighted by Crippen LogP contribution is 2.27. The zero-order valence-corrected chi connectivity index (χ0v) is 20.1. The van der Waals surface area contributed by atoms with Gasteiger partial charge in [-0.3, -0.25) is 9.59 Å². The van der Waals surface area contributed by atoms with Gasteiger partial charge in [0.1, 0.15) is 5.84 Å². The average molecular weight is 489 g/mol. The molecule has 174 valence electrons. The number of benzene rings is 2. The third kappa shape index (κ3) is 5.16. The van der Waals surface area contributed by atoms with Crippen molar-refractivity contribution >= 4 is 46.5 Å². The molecule has 0 aromatic heterocycles. The molecule has 4 rings (SSSR count). The van der Waals surface area contributed by atoms with Crippen molar-refractivity contribution in [2.45, 2.75) is 19.5 Å². The van der Waals surface area contributed by atoms with Gasteiger partial charge in [0.2, 0.25) is 12.1 Å². The minimum absolute atomic E-state index is 0.260. The molecule has 0 saturated carbocycles. The Hall–Kier alpha value is -2.61. The van der Waals surface area contributed by atoms with Crippen LogP contribution in [0.1, 0.15) is 18.1 Å². The molecule has 2 heterocycles. The SMILES string of the molecule is C[C@@H](Cc1ccc(Cl)c(Cl)c1)C(=O)NC1N=C(N2CCOCC2)c2ccccc2N(C)C1=O. The van der Waals surface area contributed by atoms with Crippen LogP contribution >= 0.6 is 23.2 Å². The van der Waals surface area contributed by atoms with Crippen molar-refractivity contribution in [3.05, 3.63) is 63.6 Å². The number of nitrogens with zero attached hydrogens (tertiary/aromatic N) is 3. The molecule has 9 heteroatoms. The highest BCUT2D eigenvalue weighted by Gasteiger charge is 2.33. The number of halogens is 2. The van der Waals surface area contributed by atoms with E-state index in [1.807, 2.05) is 37.3 Å². The molecule has 0 spiro atoms. The molecule has 2 aromatic rings. The van der Waals surface area contributed by atoms with E-state index >= 15 is 0 Å². The van der Waals surface area contributed by atoms with E-state index in [4.69, 9.17) is 32.9 Å². The monoisotopic (exact) mass is 488 g/mol. The van der Waals surface area contributed by atoms with Crippen LogP contribution in [-0.2, 0) is 20.7 Å². The lowest BCUT2D eigenvalue weighted by atomic mass is 10.0. The summed E-state index contributed by atoms with van der Waals surface area (Å²) in [4.78, 5) is 34.7. The van der Waals surface area contributed by atoms with Gasteiger partial charge in [-0.2, -0.15) is 0 Å². The maximum Gasteiger partial charge on any atom is 0.272 e. The van der Waals surface area contributed by atoms with Crippen LogP contribution in [0.15, 0.2) is 47.5 Å². The van der Waals surface area contributed by atoms with Crippen LogP contribution in [0.25, 0.3) is 0 Å². The Labute approximate surface area is 203 Å². The van der Waals surface area contributed by atoms with Crippen LogP contribution in [0.5, 0.6) is 0 Å². The number of carbonyl (C=O) groups excluding carboxylic acids is 2. The summed E-state index contributed by atoms with van der Waals surface area (Å²) in [5.74, 6) is -0.258. The van der Waals surface area contributed by atoms with Crippen molar-refractivity contribution in [3.63, 3.8) is 0 Å². The molecule has 0 radical (unpaired) electrons. The number of aliphatic imine (C=N–C) groups is 1. The number of fused-ring (bicyclic) bond motifs is 1. The van der Waals surface area contributed by atoms with Crippen LogP contribution in [-0.4, -0.2) is 62.1 Å². The number of para-hydroxylation sites is 1. The van der Waals surface area contributed by atoms with Gasteiger partial charge in [-0.15, -0.1) is 0 Å². The summed E-state index contributed by atoms with van der Waals surface area (Å²) < 4.78 is 5.49. The van der Waals surface area contributed by atoms with E-state index in [9.17, 15) is 9.59 Å². The van der Waals surface area contributed by atoms with Crippen molar-refractivity contribution in [1.29, 1.82) is 0 Å². The number of ether oxygens (including phenoxy) is 1. The number of carbonyl (C=O) groups is 2.